The van der Waals surface area contributed by atoms with Crippen molar-refractivity contribution in [3.63, 3.8) is 0 Å². The quantitative estimate of drug-likeness (QED) is 0.485. The molecular weight excluding hydrogens is 184 g/mol. The minimum absolute atomic E-state index is 0.210. The van der Waals surface area contributed by atoms with Crippen LogP contribution in [0.4, 0.5) is 0 Å². The molecule has 0 rings (SSSR count). The molecule has 0 saturated heterocycles. The number of carbonyl (C=O) groups is 2. The van der Waals surface area contributed by atoms with E-state index < -0.39 is 11.9 Å². The second kappa shape index (κ2) is 11.0. The summed E-state index contributed by atoms with van der Waals surface area (Å²) in [6.07, 6.45) is 5.00. The molecule has 0 bridgehead atoms. The van der Waals surface area contributed by atoms with Crippen LogP contribution in [0.3, 0.4) is 0 Å². The van der Waals surface area contributed by atoms with Crippen LogP contribution in [0.1, 0.15) is 0 Å². The number of ether oxygens (including phenoxy) is 1. The van der Waals surface area contributed by atoms with E-state index in [2.05, 4.69) is 23.6 Å². The van der Waals surface area contributed by atoms with Crippen molar-refractivity contribution >= 4 is 11.9 Å². The van der Waals surface area contributed by atoms with Gasteiger partial charge in [0.1, 0.15) is 6.61 Å². The number of nitrogens with two attached hydrogens (primary N) is 2. The Morgan fingerprint density at radius 2 is 1.79 bits per heavy atom. The lowest BCUT2D eigenvalue weighted by atomic mass is 10.6. The lowest BCUT2D eigenvalue weighted by Crippen LogP contribution is -2.04. The largest absolute Gasteiger partial charge is 0.458 e. The molecule has 0 spiro atoms. The summed E-state index contributed by atoms with van der Waals surface area (Å²) in [6, 6.07) is 0. The van der Waals surface area contributed by atoms with Gasteiger partial charge in [-0.2, -0.15) is 0 Å². The van der Waals surface area contributed by atoms with Gasteiger partial charge < -0.3 is 16.2 Å². The molecule has 78 valence electrons. The summed E-state index contributed by atoms with van der Waals surface area (Å²) in [5.41, 5.74) is 9.49. The summed E-state index contributed by atoms with van der Waals surface area (Å²) in [5.74, 6) is -0.918. The van der Waals surface area contributed by atoms with E-state index in [0.717, 1.165) is 12.2 Å². The summed E-state index contributed by atoms with van der Waals surface area (Å²) in [7, 11) is 0. The number of amides is 1. The Bertz CT molecular complexity index is 234. The van der Waals surface area contributed by atoms with Crippen LogP contribution in [0.5, 0.6) is 0 Å². The maximum Gasteiger partial charge on any atom is 0.330 e. The predicted octanol–water partition coefficient (Wildman–Crippen LogP) is -0.154. The number of esters is 1. The zero-order valence-corrected chi connectivity index (χ0v) is 7.81. The Morgan fingerprint density at radius 1 is 1.29 bits per heavy atom. The zero-order valence-electron chi connectivity index (χ0n) is 7.81. The SMILES string of the molecule is C=CC(=O)OCC=CN.C=CC(N)=O. The Morgan fingerprint density at radius 3 is 2.07 bits per heavy atom. The molecule has 1 amide bonds. The van der Waals surface area contributed by atoms with E-state index in [0.29, 0.717) is 0 Å². The van der Waals surface area contributed by atoms with Crippen molar-refractivity contribution in [2.45, 2.75) is 0 Å². The van der Waals surface area contributed by atoms with Gasteiger partial charge in [-0.15, -0.1) is 0 Å². The van der Waals surface area contributed by atoms with E-state index >= 15 is 0 Å². The predicted molar refractivity (Wildman–Crippen MR) is 53.9 cm³/mol. The van der Waals surface area contributed by atoms with E-state index in [1.54, 1.807) is 0 Å². The molecule has 0 aromatic carbocycles. The van der Waals surface area contributed by atoms with E-state index in [-0.39, 0.29) is 6.61 Å². The number of hydrogen-bond donors (Lipinski definition) is 2. The standard InChI is InChI=1S/C6H9NO2.C3H5NO/c1-2-6(8)9-5-3-4-7;1-2-3(4)5/h2-4H,1,5,7H2;2H,1H2,(H2,4,5). The van der Waals surface area contributed by atoms with Crippen molar-refractivity contribution in [2.24, 2.45) is 11.5 Å². The molecule has 0 unspecified atom stereocenters. The number of hydrogen-bond acceptors (Lipinski definition) is 4. The first kappa shape index (κ1) is 14.5. The van der Waals surface area contributed by atoms with E-state index in [4.69, 9.17) is 5.73 Å². The van der Waals surface area contributed by atoms with Gasteiger partial charge in [-0.1, -0.05) is 13.2 Å². The minimum atomic E-state index is -0.481. The molecular formula is C9H14N2O3. The lowest BCUT2D eigenvalue weighted by Gasteiger charge is -1.92. The van der Waals surface area contributed by atoms with E-state index in [9.17, 15) is 9.59 Å². The first-order valence-electron chi connectivity index (χ1n) is 3.66. The van der Waals surface area contributed by atoms with Crippen LogP contribution >= 0.6 is 0 Å². The lowest BCUT2D eigenvalue weighted by molar-refractivity contribution is -0.136. The summed E-state index contributed by atoms with van der Waals surface area (Å²) in [5, 5.41) is 0. The van der Waals surface area contributed by atoms with Crippen molar-refractivity contribution in [1.29, 1.82) is 0 Å². The summed E-state index contributed by atoms with van der Waals surface area (Å²) < 4.78 is 4.51. The highest BCUT2D eigenvalue weighted by molar-refractivity contribution is 5.85. The number of primary amides is 1. The smallest absolute Gasteiger partial charge is 0.330 e. The third-order valence-corrected chi connectivity index (χ3v) is 0.826. The minimum Gasteiger partial charge on any atom is -0.458 e. The molecule has 0 heterocycles. The second-order valence-electron chi connectivity index (χ2n) is 1.87. The first-order valence-corrected chi connectivity index (χ1v) is 3.66. The van der Waals surface area contributed by atoms with Gasteiger partial charge in [0.2, 0.25) is 5.91 Å². The molecule has 0 atom stereocenters. The van der Waals surface area contributed by atoms with Gasteiger partial charge in [0.25, 0.3) is 0 Å². The van der Waals surface area contributed by atoms with Crippen LogP contribution in [-0.2, 0) is 14.3 Å². The third-order valence-electron chi connectivity index (χ3n) is 0.826. The van der Waals surface area contributed by atoms with Gasteiger partial charge >= 0.3 is 5.97 Å². The van der Waals surface area contributed by atoms with Crippen LogP contribution in [0.25, 0.3) is 0 Å². The monoisotopic (exact) mass is 198 g/mol. The molecule has 5 heteroatoms. The van der Waals surface area contributed by atoms with Crippen molar-refractivity contribution < 1.29 is 14.3 Å². The molecule has 14 heavy (non-hydrogen) atoms. The van der Waals surface area contributed by atoms with Crippen LogP contribution in [0.15, 0.2) is 37.6 Å². The zero-order chi connectivity index (χ0) is 11.4. The highest BCUT2D eigenvalue weighted by Gasteiger charge is 1.88. The van der Waals surface area contributed by atoms with Crippen molar-refractivity contribution in [2.75, 3.05) is 6.61 Å². The van der Waals surface area contributed by atoms with E-state index in [1.165, 1.54) is 12.3 Å². The maximum absolute atomic E-state index is 10.3. The van der Waals surface area contributed by atoms with Crippen LogP contribution < -0.4 is 11.5 Å². The van der Waals surface area contributed by atoms with Gasteiger partial charge in [-0.3, -0.25) is 4.79 Å². The molecule has 0 saturated carbocycles. The summed E-state index contributed by atoms with van der Waals surface area (Å²) in [6.45, 7) is 6.50. The molecule has 0 fully saturated rings. The molecule has 0 aliphatic carbocycles. The molecule has 0 aliphatic rings. The van der Waals surface area contributed by atoms with Crippen molar-refractivity contribution in [1.82, 2.24) is 0 Å². The fourth-order valence-corrected chi connectivity index (χ4v) is 0.245. The summed E-state index contributed by atoms with van der Waals surface area (Å²) >= 11 is 0. The van der Waals surface area contributed by atoms with Gasteiger partial charge in [-0.25, -0.2) is 4.79 Å². The van der Waals surface area contributed by atoms with Crippen LogP contribution in [-0.4, -0.2) is 18.5 Å². The van der Waals surface area contributed by atoms with Gasteiger partial charge in [0.15, 0.2) is 0 Å². The average molecular weight is 198 g/mol. The third kappa shape index (κ3) is 16.5. The highest BCUT2D eigenvalue weighted by Crippen LogP contribution is 1.78. The molecule has 0 aromatic rings. The van der Waals surface area contributed by atoms with Crippen molar-refractivity contribution in [3.05, 3.63) is 37.6 Å². The Kier molecular flexibility index (Phi) is 11.3. The van der Waals surface area contributed by atoms with E-state index in [1.807, 2.05) is 0 Å². The fraction of sp³-hybridized carbons (Fsp3) is 0.111. The van der Waals surface area contributed by atoms with Gasteiger partial charge in [0, 0.05) is 6.08 Å². The topological polar surface area (TPSA) is 95.4 Å². The molecule has 0 aromatic heterocycles. The molecule has 0 radical (unpaired) electrons. The summed E-state index contributed by atoms with van der Waals surface area (Å²) in [4.78, 5) is 19.7. The van der Waals surface area contributed by atoms with Gasteiger partial charge in [-0.05, 0) is 18.4 Å². The normalized spacial score (nSPS) is 8.29. The van der Waals surface area contributed by atoms with Crippen LogP contribution in [0.2, 0.25) is 0 Å². The molecule has 5 nitrogen and oxygen atoms in total. The Hall–Kier alpha value is -2.04. The molecule has 4 N–H and O–H groups in total. The first-order chi connectivity index (χ1) is 6.58. The second-order valence-corrected chi connectivity index (χ2v) is 1.87. The molecule has 0 aliphatic heterocycles. The number of carbonyl (C=O) groups excluding carboxylic acids is 2. The highest BCUT2D eigenvalue weighted by atomic mass is 16.5. The number of rotatable bonds is 4. The van der Waals surface area contributed by atoms with Crippen LogP contribution in [0, 0.1) is 0 Å². The fourth-order valence-electron chi connectivity index (χ4n) is 0.245. The van der Waals surface area contributed by atoms with Gasteiger partial charge in [0.05, 0.1) is 0 Å². The Balaban J connectivity index is 0. The van der Waals surface area contributed by atoms with Crippen molar-refractivity contribution in [3.8, 4) is 0 Å². The maximum atomic E-state index is 10.3. The average Bonchev–Trinajstić information content (AvgIpc) is 2.19. The Labute approximate surface area is 82.7 Å².